The molecule has 6 nitrogen and oxygen atoms in total. The van der Waals surface area contributed by atoms with Gasteiger partial charge in [0.25, 0.3) is 5.91 Å². The van der Waals surface area contributed by atoms with Crippen LogP contribution in [0.5, 0.6) is 0 Å². The molecule has 1 aliphatic heterocycles. The molecule has 0 spiro atoms. The van der Waals surface area contributed by atoms with Gasteiger partial charge in [0, 0.05) is 18.0 Å². The number of hydrogen-bond donors (Lipinski definition) is 2. The molecular weight excluding hydrogens is 292 g/mol. The zero-order valence-corrected chi connectivity index (χ0v) is 12.8. The number of amides is 2. The Morgan fingerprint density at radius 1 is 1.38 bits per heavy atom. The van der Waals surface area contributed by atoms with Crippen molar-refractivity contribution in [1.29, 1.82) is 0 Å². The average molecular weight is 310 g/mol. The molecule has 2 heterocycles. The van der Waals surface area contributed by atoms with Crippen LogP contribution in [0.25, 0.3) is 0 Å². The van der Waals surface area contributed by atoms with Crippen molar-refractivity contribution in [3.8, 4) is 0 Å². The second-order valence-electron chi connectivity index (χ2n) is 5.31. The molecule has 21 heavy (non-hydrogen) atoms. The molecule has 0 aromatic carbocycles. The molecule has 2 amide bonds. The summed E-state index contributed by atoms with van der Waals surface area (Å²) in [4.78, 5) is 38.0. The monoisotopic (exact) mass is 310 g/mol. The number of carboxylic acids is 1. The molecule has 1 aromatic heterocycles. The van der Waals surface area contributed by atoms with E-state index >= 15 is 0 Å². The lowest BCUT2D eigenvalue weighted by Gasteiger charge is -2.16. The molecule has 1 saturated heterocycles. The molecule has 0 aliphatic carbocycles. The van der Waals surface area contributed by atoms with Gasteiger partial charge in [0.1, 0.15) is 0 Å². The summed E-state index contributed by atoms with van der Waals surface area (Å²) in [5.41, 5.74) is 0. The summed E-state index contributed by atoms with van der Waals surface area (Å²) in [6.07, 6.45) is 0. The fraction of sp³-hybridized carbons (Fsp3) is 0.500. The summed E-state index contributed by atoms with van der Waals surface area (Å²) in [5.74, 6) is -1.99. The third-order valence-electron chi connectivity index (χ3n) is 3.65. The molecule has 1 fully saturated rings. The van der Waals surface area contributed by atoms with Gasteiger partial charge in [-0.3, -0.25) is 14.4 Å². The highest BCUT2D eigenvalue weighted by Crippen LogP contribution is 2.23. The highest BCUT2D eigenvalue weighted by molar-refractivity contribution is 7.13. The zero-order valence-electron chi connectivity index (χ0n) is 12.0. The Balaban J connectivity index is 1.85. The number of carbonyl (C=O) groups excluding carboxylic acids is 2. The standard InChI is InChI=1S/C14H18N2O4S/c1-8-6-16(7-10(8)14(19)20)12(17)5-15-13(18)11-4-3-9(2)21-11/h3-4,8,10H,5-7H2,1-2H3,(H,15,18)(H,19,20)/t8-,10-/m1/s1. The van der Waals surface area contributed by atoms with Gasteiger partial charge in [-0.15, -0.1) is 11.3 Å². The minimum atomic E-state index is -0.879. The summed E-state index contributed by atoms with van der Waals surface area (Å²) in [7, 11) is 0. The number of aliphatic carboxylic acids is 1. The van der Waals surface area contributed by atoms with E-state index in [0.717, 1.165) is 4.88 Å². The van der Waals surface area contributed by atoms with Crippen molar-refractivity contribution >= 4 is 29.1 Å². The fourth-order valence-corrected chi connectivity index (χ4v) is 3.19. The smallest absolute Gasteiger partial charge is 0.308 e. The van der Waals surface area contributed by atoms with Crippen molar-refractivity contribution in [2.24, 2.45) is 11.8 Å². The second-order valence-corrected chi connectivity index (χ2v) is 6.60. The van der Waals surface area contributed by atoms with Gasteiger partial charge in [0.15, 0.2) is 0 Å². The lowest BCUT2D eigenvalue weighted by atomic mass is 9.99. The number of likely N-dealkylation sites (tertiary alicyclic amines) is 1. The summed E-state index contributed by atoms with van der Waals surface area (Å²) in [5, 5.41) is 11.6. The first kappa shape index (κ1) is 15.5. The molecule has 2 rings (SSSR count). The largest absolute Gasteiger partial charge is 0.481 e. The molecule has 7 heteroatoms. The Kier molecular flexibility index (Phi) is 4.62. The maximum absolute atomic E-state index is 12.0. The third-order valence-corrected chi connectivity index (χ3v) is 4.65. The Labute approximate surface area is 126 Å². The molecule has 2 N–H and O–H groups in total. The number of rotatable bonds is 4. The Bertz CT molecular complexity index is 569. The molecule has 0 bridgehead atoms. The summed E-state index contributed by atoms with van der Waals surface area (Å²) in [6, 6.07) is 3.57. The summed E-state index contributed by atoms with van der Waals surface area (Å²) < 4.78 is 0. The van der Waals surface area contributed by atoms with E-state index in [2.05, 4.69) is 5.32 Å². The SMILES string of the molecule is Cc1ccc(C(=O)NCC(=O)N2C[C@@H](C)[C@H](C(=O)O)C2)s1. The Morgan fingerprint density at radius 2 is 2.10 bits per heavy atom. The number of hydrogen-bond acceptors (Lipinski definition) is 4. The van der Waals surface area contributed by atoms with Gasteiger partial charge in [-0.05, 0) is 25.0 Å². The van der Waals surface area contributed by atoms with Crippen LogP contribution in [0.4, 0.5) is 0 Å². The van der Waals surface area contributed by atoms with Crippen LogP contribution in [0.3, 0.4) is 0 Å². The highest BCUT2D eigenvalue weighted by Gasteiger charge is 2.36. The quantitative estimate of drug-likeness (QED) is 0.867. The van der Waals surface area contributed by atoms with E-state index in [-0.39, 0.29) is 30.8 Å². The molecular formula is C14H18N2O4S. The topological polar surface area (TPSA) is 86.7 Å². The van der Waals surface area contributed by atoms with Gasteiger partial charge in [-0.25, -0.2) is 0 Å². The molecule has 114 valence electrons. The van der Waals surface area contributed by atoms with Crippen LogP contribution in [0.15, 0.2) is 12.1 Å². The van der Waals surface area contributed by atoms with Crippen LogP contribution in [0, 0.1) is 18.8 Å². The Morgan fingerprint density at radius 3 is 2.62 bits per heavy atom. The third kappa shape index (κ3) is 3.60. The minimum absolute atomic E-state index is 0.0675. The summed E-state index contributed by atoms with van der Waals surface area (Å²) >= 11 is 1.37. The predicted molar refractivity (Wildman–Crippen MR) is 78.3 cm³/mol. The van der Waals surface area contributed by atoms with Crippen molar-refractivity contribution in [3.05, 3.63) is 21.9 Å². The average Bonchev–Trinajstić information content (AvgIpc) is 3.01. The van der Waals surface area contributed by atoms with Crippen LogP contribution < -0.4 is 5.32 Å². The van der Waals surface area contributed by atoms with E-state index in [1.54, 1.807) is 6.07 Å². The minimum Gasteiger partial charge on any atom is -0.481 e. The number of aryl methyl sites for hydroxylation is 1. The number of carboxylic acid groups (broad SMARTS) is 1. The lowest BCUT2D eigenvalue weighted by Crippen LogP contribution is -2.39. The van der Waals surface area contributed by atoms with E-state index < -0.39 is 11.9 Å². The van der Waals surface area contributed by atoms with E-state index in [1.807, 2.05) is 19.9 Å². The first-order chi connectivity index (χ1) is 9.88. The van der Waals surface area contributed by atoms with Crippen LogP contribution >= 0.6 is 11.3 Å². The van der Waals surface area contributed by atoms with Gasteiger partial charge in [-0.1, -0.05) is 6.92 Å². The first-order valence-corrected chi connectivity index (χ1v) is 7.55. The van der Waals surface area contributed by atoms with E-state index in [9.17, 15) is 14.4 Å². The first-order valence-electron chi connectivity index (χ1n) is 6.73. The number of thiophene rings is 1. The molecule has 0 saturated carbocycles. The normalized spacial score (nSPS) is 21.3. The van der Waals surface area contributed by atoms with Crippen LogP contribution in [-0.4, -0.2) is 47.4 Å². The van der Waals surface area contributed by atoms with E-state index in [1.165, 1.54) is 16.2 Å². The maximum atomic E-state index is 12.0. The van der Waals surface area contributed by atoms with Gasteiger partial charge in [0.05, 0.1) is 17.3 Å². The molecule has 1 aromatic rings. The predicted octanol–water partition coefficient (Wildman–Crippen LogP) is 0.965. The Hall–Kier alpha value is -1.89. The van der Waals surface area contributed by atoms with Crippen LogP contribution in [0.1, 0.15) is 21.5 Å². The van der Waals surface area contributed by atoms with E-state index in [4.69, 9.17) is 5.11 Å². The van der Waals surface area contributed by atoms with Crippen molar-refractivity contribution in [2.45, 2.75) is 13.8 Å². The van der Waals surface area contributed by atoms with Gasteiger partial charge in [-0.2, -0.15) is 0 Å². The van der Waals surface area contributed by atoms with Crippen molar-refractivity contribution in [3.63, 3.8) is 0 Å². The lowest BCUT2D eigenvalue weighted by molar-refractivity contribution is -0.142. The van der Waals surface area contributed by atoms with Crippen molar-refractivity contribution in [2.75, 3.05) is 19.6 Å². The van der Waals surface area contributed by atoms with Gasteiger partial charge in [0.2, 0.25) is 5.91 Å². The highest BCUT2D eigenvalue weighted by atomic mass is 32.1. The molecule has 0 unspecified atom stereocenters. The fourth-order valence-electron chi connectivity index (χ4n) is 2.40. The molecule has 2 atom stereocenters. The number of nitrogens with zero attached hydrogens (tertiary/aromatic N) is 1. The summed E-state index contributed by atoms with van der Waals surface area (Å²) in [6.45, 7) is 4.26. The number of nitrogens with one attached hydrogen (secondary N) is 1. The number of carbonyl (C=O) groups is 3. The van der Waals surface area contributed by atoms with Crippen molar-refractivity contribution < 1.29 is 19.5 Å². The zero-order chi connectivity index (χ0) is 15.6. The molecule has 0 radical (unpaired) electrons. The second kappa shape index (κ2) is 6.26. The maximum Gasteiger partial charge on any atom is 0.308 e. The van der Waals surface area contributed by atoms with Crippen molar-refractivity contribution in [1.82, 2.24) is 10.2 Å². The molecule has 1 aliphatic rings. The van der Waals surface area contributed by atoms with Gasteiger partial charge < -0.3 is 15.3 Å². The van der Waals surface area contributed by atoms with Crippen LogP contribution in [-0.2, 0) is 9.59 Å². The van der Waals surface area contributed by atoms with Gasteiger partial charge >= 0.3 is 5.97 Å². The van der Waals surface area contributed by atoms with Crippen LogP contribution in [0.2, 0.25) is 0 Å². The van der Waals surface area contributed by atoms with E-state index in [0.29, 0.717) is 11.4 Å².